The molecule has 1 aliphatic rings. The van der Waals surface area contributed by atoms with Gasteiger partial charge in [0.05, 0.1) is 29.1 Å². The second-order valence-corrected chi connectivity index (χ2v) is 8.99. The lowest BCUT2D eigenvalue weighted by Gasteiger charge is -2.14. The maximum atomic E-state index is 13.7. The van der Waals surface area contributed by atoms with E-state index in [1.54, 1.807) is 25.1 Å². The molecule has 0 N–H and O–H groups in total. The Kier molecular flexibility index (Phi) is 6.81. The van der Waals surface area contributed by atoms with Crippen molar-refractivity contribution >= 4 is 16.7 Å². The average Bonchev–Trinajstić information content (AvgIpc) is 3.13. The van der Waals surface area contributed by atoms with Gasteiger partial charge in [0.15, 0.2) is 11.5 Å². The standard InChI is InChI=1S/C29H27NO7/c1-3-5-20-14-23-26(16-25(20)36-17-19-6-9-22(10-7-19)30(32)33)37-18(2)28(29(23)31)21-8-11-24-27(15-21)35-13-4-12-34-24/h6-11,14-16H,3-5,12-13,17H2,1-2H3. The van der Waals surface area contributed by atoms with Gasteiger partial charge >= 0.3 is 0 Å². The summed E-state index contributed by atoms with van der Waals surface area (Å²) in [4.78, 5) is 24.2. The predicted molar refractivity (Wildman–Crippen MR) is 140 cm³/mol. The summed E-state index contributed by atoms with van der Waals surface area (Å²) in [7, 11) is 0. The number of nitro benzene ring substituents is 1. The van der Waals surface area contributed by atoms with Crippen LogP contribution < -0.4 is 19.6 Å². The highest BCUT2D eigenvalue weighted by Gasteiger charge is 2.19. The number of nitro groups is 1. The Labute approximate surface area is 213 Å². The van der Waals surface area contributed by atoms with Gasteiger partial charge in [0, 0.05) is 24.6 Å². The summed E-state index contributed by atoms with van der Waals surface area (Å²) in [6.45, 7) is 5.23. The fourth-order valence-electron chi connectivity index (χ4n) is 4.51. The molecule has 0 spiro atoms. The Morgan fingerprint density at radius 2 is 1.76 bits per heavy atom. The highest BCUT2D eigenvalue weighted by molar-refractivity contribution is 5.85. The van der Waals surface area contributed by atoms with E-state index in [-0.39, 0.29) is 17.7 Å². The van der Waals surface area contributed by atoms with Crippen molar-refractivity contribution in [2.75, 3.05) is 13.2 Å². The smallest absolute Gasteiger partial charge is 0.269 e. The average molecular weight is 502 g/mol. The summed E-state index contributed by atoms with van der Waals surface area (Å²) in [6, 6.07) is 15.4. The zero-order valence-corrected chi connectivity index (χ0v) is 20.7. The van der Waals surface area contributed by atoms with Crippen molar-refractivity contribution in [1.29, 1.82) is 0 Å². The van der Waals surface area contributed by atoms with Gasteiger partial charge in [-0.25, -0.2) is 0 Å². The van der Waals surface area contributed by atoms with Crippen molar-refractivity contribution in [3.8, 4) is 28.4 Å². The third kappa shape index (κ3) is 5.00. The van der Waals surface area contributed by atoms with Gasteiger partial charge in [0.2, 0.25) is 5.43 Å². The minimum atomic E-state index is -0.432. The molecular weight excluding hydrogens is 474 g/mol. The van der Waals surface area contributed by atoms with Crippen LogP contribution in [0.15, 0.2) is 63.8 Å². The van der Waals surface area contributed by atoms with Crippen LogP contribution in [0.25, 0.3) is 22.1 Å². The molecule has 8 nitrogen and oxygen atoms in total. The van der Waals surface area contributed by atoms with Gasteiger partial charge in [-0.2, -0.15) is 0 Å². The lowest BCUT2D eigenvalue weighted by molar-refractivity contribution is -0.384. The molecule has 3 aromatic carbocycles. The molecule has 37 heavy (non-hydrogen) atoms. The first-order valence-corrected chi connectivity index (χ1v) is 12.3. The Balaban J connectivity index is 1.51. The van der Waals surface area contributed by atoms with Crippen LogP contribution in [0, 0.1) is 17.0 Å². The van der Waals surface area contributed by atoms with E-state index in [0.29, 0.717) is 58.3 Å². The summed E-state index contributed by atoms with van der Waals surface area (Å²) in [5, 5.41) is 11.4. The van der Waals surface area contributed by atoms with Crippen LogP contribution in [0.2, 0.25) is 0 Å². The molecule has 0 aliphatic carbocycles. The van der Waals surface area contributed by atoms with Gasteiger partial charge in [-0.3, -0.25) is 14.9 Å². The van der Waals surface area contributed by atoms with Crippen molar-refractivity contribution in [2.45, 2.75) is 39.7 Å². The molecule has 0 bridgehead atoms. The molecule has 1 aromatic heterocycles. The van der Waals surface area contributed by atoms with E-state index in [1.807, 2.05) is 24.3 Å². The fourth-order valence-corrected chi connectivity index (χ4v) is 4.51. The van der Waals surface area contributed by atoms with Crippen molar-refractivity contribution < 1.29 is 23.6 Å². The second-order valence-electron chi connectivity index (χ2n) is 8.99. The first kappa shape index (κ1) is 24.4. The van der Waals surface area contributed by atoms with Gasteiger partial charge in [-0.1, -0.05) is 19.4 Å². The number of hydrogen-bond acceptors (Lipinski definition) is 7. The number of hydrogen-bond donors (Lipinski definition) is 0. The molecular formula is C29H27NO7. The van der Waals surface area contributed by atoms with Gasteiger partial charge < -0.3 is 18.6 Å². The topological polar surface area (TPSA) is 101 Å². The third-order valence-corrected chi connectivity index (χ3v) is 6.35. The molecule has 0 saturated heterocycles. The zero-order chi connectivity index (χ0) is 25.9. The molecule has 5 rings (SSSR count). The lowest BCUT2D eigenvalue weighted by atomic mass is 10.00. The van der Waals surface area contributed by atoms with Crippen LogP contribution in [-0.2, 0) is 13.0 Å². The number of fused-ring (bicyclic) bond motifs is 2. The molecule has 2 heterocycles. The van der Waals surface area contributed by atoms with E-state index in [1.165, 1.54) is 12.1 Å². The predicted octanol–water partition coefficient (Wildman–Crippen LogP) is 6.37. The number of ether oxygens (including phenoxy) is 3. The minimum absolute atomic E-state index is 0.0303. The largest absolute Gasteiger partial charge is 0.490 e. The van der Waals surface area contributed by atoms with Crippen LogP contribution in [0.4, 0.5) is 5.69 Å². The number of benzene rings is 3. The highest BCUT2D eigenvalue weighted by Crippen LogP contribution is 2.36. The number of aryl methyl sites for hydroxylation is 2. The quantitative estimate of drug-likeness (QED) is 0.214. The molecule has 4 aromatic rings. The Morgan fingerprint density at radius 1 is 1.00 bits per heavy atom. The van der Waals surface area contributed by atoms with Gasteiger partial charge in [-0.15, -0.1) is 0 Å². The van der Waals surface area contributed by atoms with Gasteiger partial charge in [0.1, 0.15) is 23.7 Å². The first-order valence-electron chi connectivity index (χ1n) is 12.3. The Hall–Kier alpha value is -4.33. The van der Waals surface area contributed by atoms with E-state index in [2.05, 4.69) is 6.92 Å². The highest BCUT2D eigenvalue weighted by atomic mass is 16.6. The minimum Gasteiger partial charge on any atom is -0.490 e. The molecule has 0 fully saturated rings. The van der Waals surface area contributed by atoms with E-state index in [4.69, 9.17) is 18.6 Å². The fraction of sp³-hybridized carbons (Fsp3) is 0.276. The second kappa shape index (κ2) is 10.3. The van der Waals surface area contributed by atoms with Crippen LogP contribution in [0.5, 0.6) is 17.2 Å². The summed E-state index contributed by atoms with van der Waals surface area (Å²) < 4.78 is 23.8. The lowest BCUT2D eigenvalue weighted by Crippen LogP contribution is -2.09. The Bertz CT molecular complexity index is 1520. The van der Waals surface area contributed by atoms with Crippen molar-refractivity contribution in [3.63, 3.8) is 0 Å². The number of non-ortho nitro benzene ring substituents is 1. The molecule has 0 atom stereocenters. The summed E-state index contributed by atoms with van der Waals surface area (Å²) >= 11 is 0. The van der Waals surface area contributed by atoms with E-state index >= 15 is 0 Å². The van der Waals surface area contributed by atoms with Crippen molar-refractivity contribution in [1.82, 2.24) is 0 Å². The normalized spacial score (nSPS) is 12.8. The van der Waals surface area contributed by atoms with Crippen LogP contribution >= 0.6 is 0 Å². The molecule has 8 heteroatoms. The van der Waals surface area contributed by atoms with E-state index < -0.39 is 4.92 Å². The Morgan fingerprint density at radius 3 is 2.49 bits per heavy atom. The van der Waals surface area contributed by atoms with Gasteiger partial charge in [0.25, 0.3) is 5.69 Å². The summed E-state index contributed by atoms with van der Waals surface area (Å²) in [5.41, 5.74) is 3.26. The molecule has 190 valence electrons. The molecule has 0 saturated carbocycles. The SMILES string of the molecule is CCCc1cc2c(=O)c(-c3ccc4c(c3)OCCCO4)c(C)oc2cc1OCc1ccc([N+](=O)[O-])cc1. The van der Waals surface area contributed by atoms with Crippen LogP contribution in [0.1, 0.15) is 36.7 Å². The van der Waals surface area contributed by atoms with E-state index in [9.17, 15) is 14.9 Å². The zero-order valence-electron chi connectivity index (χ0n) is 20.7. The maximum absolute atomic E-state index is 13.7. The summed E-state index contributed by atoms with van der Waals surface area (Å²) in [6.07, 6.45) is 2.39. The van der Waals surface area contributed by atoms with Crippen molar-refractivity contribution in [2.24, 2.45) is 0 Å². The molecule has 0 radical (unpaired) electrons. The maximum Gasteiger partial charge on any atom is 0.269 e. The molecule has 1 aliphatic heterocycles. The molecule has 0 unspecified atom stereocenters. The summed E-state index contributed by atoms with van der Waals surface area (Å²) in [5.74, 6) is 2.41. The first-order chi connectivity index (χ1) is 17.9. The monoisotopic (exact) mass is 501 g/mol. The molecule has 0 amide bonds. The van der Waals surface area contributed by atoms with Crippen molar-refractivity contribution in [3.05, 3.63) is 91.8 Å². The van der Waals surface area contributed by atoms with Crippen LogP contribution in [-0.4, -0.2) is 18.1 Å². The van der Waals surface area contributed by atoms with Gasteiger partial charge in [-0.05, 0) is 60.4 Å². The third-order valence-electron chi connectivity index (χ3n) is 6.35. The van der Waals surface area contributed by atoms with E-state index in [0.717, 1.165) is 30.4 Å². The number of nitrogens with zero attached hydrogens (tertiary/aromatic N) is 1. The number of rotatable bonds is 7. The van der Waals surface area contributed by atoms with Crippen LogP contribution in [0.3, 0.4) is 0 Å².